The Hall–Kier alpha value is -1.58. The van der Waals surface area contributed by atoms with Crippen LogP contribution in [-0.4, -0.2) is 7.11 Å². The lowest BCUT2D eigenvalue weighted by Crippen LogP contribution is -1.82. The van der Waals surface area contributed by atoms with Gasteiger partial charge in [0.1, 0.15) is 5.75 Å². The fraction of sp³-hybridized carbons (Fsp3) is 0.0588. The quantitative estimate of drug-likeness (QED) is 0.695. The number of hydrogen-bond acceptors (Lipinski definition) is 3. The van der Waals surface area contributed by atoms with E-state index in [4.69, 9.17) is 4.74 Å². The van der Waals surface area contributed by atoms with Crippen LogP contribution in [0, 0.1) is 0 Å². The molecule has 0 unspecified atom stereocenters. The molecule has 100 valence electrons. The van der Waals surface area contributed by atoms with Crippen LogP contribution in [0.2, 0.25) is 0 Å². The zero-order chi connectivity index (χ0) is 13.8. The minimum absolute atomic E-state index is 0.894. The molecule has 1 nitrogen and oxygen atoms in total. The van der Waals surface area contributed by atoms with Crippen molar-refractivity contribution in [2.75, 3.05) is 7.11 Å². The Labute approximate surface area is 127 Å². The zero-order valence-electron chi connectivity index (χ0n) is 11.1. The van der Waals surface area contributed by atoms with Gasteiger partial charge in [-0.05, 0) is 35.4 Å². The molecule has 1 heterocycles. The molecule has 0 radical (unpaired) electrons. The second-order valence-corrected chi connectivity index (χ2v) is 6.61. The first-order valence-electron chi connectivity index (χ1n) is 6.32. The van der Waals surface area contributed by atoms with Gasteiger partial charge in [0.25, 0.3) is 0 Å². The van der Waals surface area contributed by atoms with Crippen LogP contribution in [0.15, 0.2) is 65.6 Å². The molecule has 0 bridgehead atoms. The Morgan fingerprint density at radius 3 is 2.35 bits per heavy atom. The smallest absolute Gasteiger partial charge is 0.118 e. The van der Waals surface area contributed by atoms with E-state index >= 15 is 0 Å². The molecule has 0 atom stereocenters. The number of hydrogen-bond donors (Lipinski definition) is 0. The number of benzene rings is 2. The van der Waals surface area contributed by atoms with Crippen molar-refractivity contribution in [3.05, 3.63) is 76.7 Å². The van der Waals surface area contributed by atoms with E-state index in [2.05, 4.69) is 48.6 Å². The average molecular weight is 298 g/mol. The van der Waals surface area contributed by atoms with Gasteiger partial charge in [-0.1, -0.05) is 64.1 Å². The number of rotatable bonds is 3. The Morgan fingerprint density at radius 1 is 0.900 bits per heavy atom. The molecule has 0 aromatic heterocycles. The van der Waals surface area contributed by atoms with Gasteiger partial charge in [-0.3, -0.25) is 0 Å². The minimum atomic E-state index is 0.894. The molecule has 0 N–H and O–H groups in total. The molecular weight excluding hydrogens is 284 g/mol. The van der Waals surface area contributed by atoms with E-state index in [0.29, 0.717) is 0 Å². The van der Waals surface area contributed by atoms with E-state index in [1.54, 1.807) is 28.7 Å². The minimum Gasteiger partial charge on any atom is -0.497 e. The van der Waals surface area contributed by atoms with Crippen molar-refractivity contribution in [1.82, 2.24) is 0 Å². The molecule has 0 aliphatic carbocycles. The molecule has 0 spiro atoms. The van der Waals surface area contributed by atoms with Crippen molar-refractivity contribution in [3.63, 3.8) is 0 Å². The van der Waals surface area contributed by atoms with E-state index < -0.39 is 0 Å². The van der Waals surface area contributed by atoms with Crippen LogP contribution in [-0.2, 0) is 0 Å². The van der Waals surface area contributed by atoms with Gasteiger partial charge in [-0.25, -0.2) is 0 Å². The first-order valence-corrected chi connectivity index (χ1v) is 8.47. The van der Waals surface area contributed by atoms with Gasteiger partial charge in [0.2, 0.25) is 0 Å². The highest BCUT2D eigenvalue weighted by atomic mass is 33.1. The van der Waals surface area contributed by atoms with Gasteiger partial charge in [-0.15, -0.1) is 0 Å². The van der Waals surface area contributed by atoms with Crippen molar-refractivity contribution >= 4 is 32.6 Å². The van der Waals surface area contributed by atoms with E-state index in [1.807, 2.05) is 18.2 Å². The lowest BCUT2D eigenvalue weighted by Gasteiger charge is -2.02. The van der Waals surface area contributed by atoms with Crippen molar-refractivity contribution in [2.24, 2.45) is 0 Å². The van der Waals surface area contributed by atoms with Gasteiger partial charge in [-0.2, -0.15) is 0 Å². The summed E-state index contributed by atoms with van der Waals surface area (Å²) in [5.74, 6) is 0.894. The van der Waals surface area contributed by atoms with Gasteiger partial charge in [0, 0.05) is 9.81 Å². The topological polar surface area (TPSA) is 9.23 Å². The summed E-state index contributed by atoms with van der Waals surface area (Å²) >= 11 is 0. The fourth-order valence-corrected chi connectivity index (χ4v) is 4.23. The van der Waals surface area contributed by atoms with Crippen LogP contribution in [0.25, 0.3) is 11.0 Å². The monoisotopic (exact) mass is 298 g/mol. The predicted octanol–water partition coefficient (Wildman–Crippen LogP) is 5.47. The third kappa shape index (κ3) is 3.11. The van der Waals surface area contributed by atoms with Crippen molar-refractivity contribution in [2.45, 2.75) is 0 Å². The fourth-order valence-electron chi connectivity index (χ4n) is 1.94. The highest BCUT2D eigenvalue weighted by Gasteiger charge is 2.13. The van der Waals surface area contributed by atoms with Crippen LogP contribution in [0.1, 0.15) is 11.1 Å². The molecule has 20 heavy (non-hydrogen) atoms. The number of allylic oxidation sites excluding steroid dienone is 1. The predicted molar refractivity (Wildman–Crippen MR) is 90.6 cm³/mol. The van der Waals surface area contributed by atoms with Crippen LogP contribution < -0.4 is 4.74 Å². The maximum atomic E-state index is 5.19. The van der Waals surface area contributed by atoms with Gasteiger partial charge in [0.05, 0.1) is 7.11 Å². The lowest BCUT2D eigenvalue weighted by atomic mass is 10.1. The summed E-state index contributed by atoms with van der Waals surface area (Å²) in [6.45, 7) is 0. The van der Waals surface area contributed by atoms with E-state index in [1.165, 1.54) is 20.9 Å². The lowest BCUT2D eigenvalue weighted by molar-refractivity contribution is 0.415. The Bertz CT molecular complexity index is 642. The van der Waals surface area contributed by atoms with E-state index in [0.717, 1.165) is 5.75 Å². The molecule has 2 aromatic rings. The number of methoxy groups -OCH3 is 1. The zero-order valence-corrected chi connectivity index (χ0v) is 12.7. The maximum absolute atomic E-state index is 5.19. The molecule has 0 saturated heterocycles. The third-order valence-electron chi connectivity index (χ3n) is 2.98. The van der Waals surface area contributed by atoms with Crippen LogP contribution >= 0.6 is 21.6 Å². The molecule has 1 aliphatic heterocycles. The average Bonchev–Trinajstić information content (AvgIpc) is 2.97. The first-order chi connectivity index (χ1) is 9.85. The molecule has 0 amide bonds. The second kappa shape index (κ2) is 6.25. The van der Waals surface area contributed by atoms with Crippen molar-refractivity contribution in [1.29, 1.82) is 0 Å². The van der Waals surface area contributed by atoms with Crippen molar-refractivity contribution < 1.29 is 4.74 Å². The second-order valence-electron chi connectivity index (χ2n) is 4.36. The highest BCUT2D eigenvalue weighted by molar-refractivity contribution is 8.82. The van der Waals surface area contributed by atoms with Crippen LogP contribution in [0.4, 0.5) is 0 Å². The largest absolute Gasteiger partial charge is 0.497 e. The maximum Gasteiger partial charge on any atom is 0.118 e. The summed E-state index contributed by atoms with van der Waals surface area (Å²) in [6.07, 6.45) is 4.46. The Morgan fingerprint density at radius 2 is 1.65 bits per heavy atom. The normalized spacial score (nSPS) is 16.2. The van der Waals surface area contributed by atoms with Crippen molar-refractivity contribution in [3.8, 4) is 5.75 Å². The Balaban J connectivity index is 1.82. The van der Waals surface area contributed by atoms with Gasteiger partial charge < -0.3 is 4.74 Å². The summed E-state index contributed by atoms with van der Waals surface area (Å²) in [6, 6.07) is 18.6. The summed E-state index contributed by atoms with van der Waals surface area (Å²) in [5.41, 5.74) is 2.47. The summed E-state index contributed by atoms with van der Waals surface area (Å²) in [7, 11) is 5.30. The molecule has 3 rings (SSSR count). The van der Waals surface area contributed by atoms with Crippen LogP contribution in [0.5, 0.6) is 5.75 Å². The molecule has 2 aromatic carbocycles. The summed E-state index contributed by atoms with van der Waals surface area (Å²) in [5, 5.41) is 0. The Kier molecular flexibility index (Phi) is 4.19. The number of ether oxygens (including phenoxy) is 1. The SMILES string of the molecule is COc1ccc(C2=C/C(=C/c3ccccc3)SS2)cc1. The standard InChI is InChI=1S/C17H14OS2/c1-18-15-9-7-14(8-10-15)17-12-16(19-20-17)11-13-5-3-2-4-6-13/h2-12H,1H3/b16-11-. The summed E-state index contributed by atoms with van der Waals surface area (Å²) in [4.78, 5) is 2.58. The van der Waals surface area contributed by atoms with Gasteiger partial charge >= 0.3 is 0 Å². The highest BCUT2D eigenvalue weighted by Crippen LogP contribution is 2.50. The van der Waals surface area contributed by atoms with Crippen LogP contribution in [0.3, 0.4) is 0 Å². The summed E-state index contributed by atoms with van der Waals surface area (Å²) < 4.78 is 5.19. The molecule has 0 saturated carbocycles. The van der Waals surface area contributed by atoms with E-state index in [9.17, 15) is 0 Å². The first kappa shape index (κ1) is 13.4. The third-order valence-corrected chi connectivity index (χ3v) is 5.39. The van der Waals surface area contributed by atoms with E-state index in [-0.39, 0.29) is 0 Å². The van der Waals surface area contributed by atoms with Gasteiger partial charge in [0.15, 0.2) is 0 Å². The molecule has 3 heteroatoms. The molecular formula is C17H14OS2. The molecule has 1 aliphatic rings. The molecule has 0 fully saturated rings.